The molecule has 16 heavy (non-hydrogen) atoms. The molecule has 1 aromatic heterocycles. The van der Waals surface area contributed by atoms with Gasteiger partial charge in [-0.05, 0) is 32.1 Å². The van der Waals surface area contributed by atoms with Crippen molar-refractivity contribution in [2.45, 2.75) is 59.9 Å². The number of hydrogen-bond donors (Lipinski definition) is 1. The average Bonchev–Trinajstić information content (AvgIpc) is 2.43. The van der Waals surface area contributed by atoms with E-state index in [0.717, 1.165) is 12.0 Å². The number of aromatic amines is 1. The summed E-state index contributed by atoms with van der Waals surface area (Å²) in [4.78, 5) is 11.9. The fourth-order valence-electron chi connectivity index (χ4n) is 2.14. The molecule has 92 valence electrons. The van der Waals surface area contributed by atoms with Gasteiger partial charge in [-0.15, -0.1) is 0 Å². The monoisotopic (exact) mass is 224 g/mol. The van der Waals surface area contributed by atoms with Crippen LogP contribution in [0.15, 0.2) is 4.79 Å². The largest absolute Gasteiger partial charge is 0.286 e. The van der Waals surface area contributed by atoms with E-state index in [4.69, 9.17) is 0 Å². The lowest BCUT2D eigenvalue weighted by molar-refractivity contribution is 0.492. The first-order valence-corrected chi connectivity index (χ1v) is 6.17. The Morgan fingerprint density at radius 2 is 1.69 bits per heavy atom. The molecule has 0 spiro atoms. The maximum atomic E-state index is 11.9. The Morgan fingerprint density at radius 3 is 2.06 bits per heavy atom. The Labute approximate surface area is 97.8 Å². The van der Waals surface area contributed by atoms with Gasteiger partial charge in [0.05, 0.1) is 0 Å². The van der Waals surface area contributed by atoms with E-state index in [1.807, 2.05) is 4.68 Å². The third-order valence-electron chi connectivity index (χ3n) is 2.74. The second kappa shape index (κ2) is 4.89. The molecule has 0 saturated carbocycles. The van der Waals surface area contributed by atoms with Crippen molar-refractivity contribution in [3.63, 3.8) is 0 Å². The van der Waals surface area contributed by atoms with Gasteiger partial charge in [-0.3, -0.25) is 14.6 Å². The molecule has 3 nitrogen and oxygen atoms in total. The zero-order valence-electron chi connectivity index (χ0n) is 11.3. The van der Waals surface area contributed by atoms with Gasteiger partial charge < -0.3 is 0 Å². The highest BCUT2D eigenvalue weighted by Crippen LogP contribution is 2.22. The summed E-state index contributed by atoms with van der Waals surface area (Å²) in [7, 11) is 0. The van der Waals surface area contributed by atoms with Crippen molar-refractivity contribution >= 4 is 0 Å². The highest BCUT2D eigenvalue weighted by Gasteiger charge is 2.19. The third-order valence-corrected chi connectivity index (χ3v) is 2.74. The summed E-state index contributed by atoms with van der Waals surface area (Å²) >= 11 is 0. The van der Waals surface area contributed by atoms with Gasteiger partial charge >= 0.3 is 0 Å². The van der Waals surface area contributed by atoms with Gasteiger partial charge in [-0.2, -0.15) is 0 Å². The van der Waals surface area contributed by atoms with Gasteiger partial charge in [-0.25, -0.2) is 0 Å². The standard InChI is InChI=1S/C13H24N2O/c1-8(2)7-11-12(9(3)4)15(10(5)6)14-13(11)16/h8-10H,7H2,1-6H3,(H,14,16). The van der Waals surface area contributed by atoms with Crippen LogP contribution in [-0.4, -0.2) is 9.78 Å². The summed E-state index contributed by atoms with van der Waals surface area (Å²) < 4.78 is 2.02. The summed E-state index contributed by atoms with van der Waals surface area (Å²) in [5, 5.41) is 2.96. The minimum Gasteiger partial charge on any atom is -0.286 e. The second-order valence-electron chi connectivity index (χ2n) is 5.52. The van der Waals surface area contributed by atoms with Crippen LogP contribution in [0.1, 0.15) is 64.8 Å². The highest BCUT2D eigenvalue weighted by molar-refractivity contribution is 5.22. The molecule has 1 rings (SSSR count). The van der Waals surface area contributed by atoms with Crippen LogP contribution >= 0.6 is 0 Å². The minimum absolute atomic E-state index is 0.0890. The predicted octanol–water partition coefficient (Wildman–Crippen LogP) is 3.08. The molecule has 0 aliphatic heterocycles. The minimum atomic E-state index is 0.0890. The van der Waals surface area contributed by atoms with Crippen LogP contribution in [-0.2, 0) is 6.42 Å². The first-order chi connectivity index (χ1) is 7.34. The molecule has 0 fully saturated rings. The van der Waals surface area contributed by atoms with Crippen molar-refractivity contribution in [2.75, 3.05) is 0 Å². The summed E-state index contributed by atoms with van der Waals surface area (Å²) in [6.45, 7) is 12.8. The molecule has 1 N–H and O–H groups in total. The maximum Gasteiger partial charge on any atom is 0.267 e. The number of nitrogens with zero attached hydrogens (tertiary/aromatic N) is 1. The summed E-state index contributed by atoms with van der Waals surface area (Å²) in [5.41, 5.74) is 2.23. The lowest BCUT2D eigenvalue weighted by atomic mass is 9.98. The number of hydrogen-bond acceptors (Lipinski definition) is 1. The second-order valence-corrected chi connectivity index (χ2v) is 5.52. The molecular weight excluding hydrogens is 200 g/mol. The van der Waals surface area contributed by atoms with Crippen molar-refractivity contribution in [2.24, 2.45) is 5.92 Å². The number of rotatable bonds is 4. The molecule has 1 aromatic rings. The van der Waals surface area contributed by atoms with Crippen LogP contribution < -0.4 is 5.56 Å². The lowest BCUT2D eigenvalue weighted by Crippen LogP contribution is -2.10. The molecule has 0 saturated heterocycles. The van der Waals surface area contributed by atoms with Gasteiger partial charge in [0.2, 0.25) is 0 Å². The van der Waals surface area contributed by atoms with E-state index in [9.17, 15) is 4.79 Å². The van der Waals surface area contributed by atoms with Crippen molar-refractivity contribution in [1.29, 1.82) is 0 Å². The zero-order valence-corrected chi connectivity index (χ0v) is 11.3. The molecule has 1 heterocycles. The molecule has 0 aliphatic rings. The first-order valence-electron chi connectivity index (χ1n) is 6.17. The van der Waals surface area contributed by atoms with Gasteiger partial charge in [-0.1, -0.05) is 27.7 Å². The fourth-order valence-corrected chi connectivity index (χ4v) is 2.14. The molecule has 0 aliphatic carbocycles. The van der Waals surface area contributed by atoms with E-state index in [1.54, 1.807) is 0 Å². The topological polar surface area (TPSA) is 37.8 Å². The van der Waals surface area contributed by atoms with Gasteiger partial charge in [0, 0.05) is 17.3 Å². The third kappa shape index (κ3) is 2.57. The summed E-state index contributed by atoms with van der Waals surface area (Å²) in [5.74, 6) is 0.900. The molecule has 0 bridgehead atoms. The van der Waals surface area contributed by atoms with Gasteiger partial charge in [0.1, 0.15) is 0 Å². The van der Waals surface area contributed by atoms with Crippen LogP contribution in [0.4, 0.5) is 0 Å². The predicted molar refractivity (Wildman–Crippen MR) is 68.1 cm³/mol. The molecule has 0 amide bonds. The van der Waals surface area contributed by atoms with Gasteiger partial charge in [0.25, 0.3) is 5.56 Å². The van der Waals surface area contributed by atoms with E-state index in [0.29, 0.717) is 17.9 Å². The van der Waals surface area contributed by atoms with E-state index in [2.05, 4.69) is 46.6 Å². The Kier molecular flexibility index (Phi) is 4.00. The summed E-state index contributed by atoms with van der Waals surface area (Å²) in [6.07, 6.45) is 0.864. The molecule has 3 heteroatoms. The zero-order chi connectivity index (χ0) is 12.5. The van der Waals surface area contributed by atoms with Crippen LogP contribution in [0, 0.1) is 5.92 Å². The van der Waals surface area contributed by atoms with E-state index in [-0.39, 0.29) is 5.56 Å². The highest BCUT2D eigenvalue weighted by atomic mass is 16.1. The molecule has 0 aromatic carbocycles. The fraction of sp³-hybridized carbons (Fsp3) is 0.769. The van der Waals surface area contributed by atoms with E-state index in [1.165, 1.54) is 5.69 Å². The van der Waals surface area contributed by atoms with Gasteiger partial charge in [0.15, 0.2) is 0 Å². The van der Waals surface area contributed by atoms with Crippen molar-refractivity contribution < 1.29 is 0 Å². The molecule has 0 radical (unpaired) electrons. The van der Waals surface area contributed by atoms with Crippen LogP contribution in [0.3, 0.4) is 0 Å². The van der Waals surface area contributed by atoms with Crippen LogP contribution in [0.5, 0.6) is 0 Å². The molecular formula is C13H24N2O. The maximum absolute atomic E-state index is 11.9. The number of H-pyrrole nitrogens is 1. The quantitative estimate of drug-likeness (QED) is 0.838. The van der Waals surface area contributed by atoms with Crippen LogP contribution in [0.2, 0.25) is 0 Å². The number of aromatic nitrogens is 2. The SMILES string of the molecule is CC(C)Cc1c(C(C)C)n(C(C)C)[nH]c1=O. The van der Waals surface area contributed by atoms with Crippen molar-refractivity contribution in [3.8, 4) is 0 Å². The average molecular weight is 224 g/mol. The Balaban J connectivity index is 3.30. The first kappa shape index (κ1) is 13.1. The Morgan fingerprint density at radius 1 is 1.12 bits per heavy atom. The van der Waals surface area contributed by atoms with E-state index >= 15 is 0 Å². The van der Waals surface area contributed by atoms with Crippen molar-refractivity contribution in [3.05, 3.63) is 21.6 Å². The number of nitrogens with one attached hydrogen (secondary N) is 1. The van der Waals surface area contributed by atoms with E-state index < -0.39 is 0 Å². The Bertz CT molecular complexity index is 397. The Hall–Kier alpha value is -0.990. The smallest absolute Gasteiger partial charge is 0.267 e. The molecule has 0 unspecified atom stereocenters. The normalized spacial score (nSPS) is 12.1. The lowest BCUT2D eigenvalue weighted by Gasteiger charge is -2.16. The van der Waals surface area contributed by atoms with Crippen LogP contribution in [0.25, 0.3) is 0 Å². The van der Waals surface area contributed by atoms with Crippen molar-refractivity contribution in [1.82, 2.24) is 9.78 Å². The summed E-state index contributed by atoms with van der Waals surface area (Å²) in [6, 6.07) is 0.311. The molecule has 0 atom stereocenters.